The molecule has 1 atom stereocenters. The number of Topliss-reactive ketones (excluding diaryl/α,β-unsaturated/α-hetero) is 1. The number of ether oxygens (including phenoxy) is 1. The number of hydrogen-bond donors (Lipinski definition) is 0. The number of esters is 1. The molecule has 1 rings (SSSR count). The van der Waals surface area contributed by atoms with E-state index in [1.807, 2.05) is 13.8 Å². The normalized spacial score (nSPS) is 12.8. The summed E-state index contributed by atoms with van der Waals surface area (Å²) >= 11 is 0. The fraction of sp³-hybridized carbons (Fsp3) is 0.467. The van der Waals surface area contributed by atoms with E-state index in [2.05, 4.69) is 4.74 Å². The van der Waals surface area contributed by atoms with Crippen molar-refractivity contribution in [2.24, 2.45) is 0 Å². The van der Waals surface area contributed by atoms with E-state index in [-0.39, 0.29) is 6.42 Å². The predicted molar refractivity (Wildman–Crippen MR) is 80.1 cm³/mol. The lowest BCUT2D eigenvalue weighted by Crippen LogP contribution is -2.30. The first-order chi connectivity index (χ1) is 9.69. The molecule has 1 aromatic carbocycles. The summed E-state index contributed by atoms with van der Waals surface area (Å²) in [5.41, 5.74) is 2.33. The Bertz CT molecular complexity index is 646. The first kappa shape index (κ1) is 17.4. The molecule has 0 heterocycles. The van der Waals surface area contributed by atoms with Crippen molar-refractivity contribution in [2.75, 3.05) is 12.9 Å². The molecule has 0 radical (unpaired) electrons. The van der Waals surface area contributed by atoms with Crippen LogP contribution in [-0.4, -0.2) is 38.3 Å². The predicted octanol–water partition coefficient (Wildman–Crippen LogP) is 1.85. The average molecular weight is 312 g/mol. The first-order valence-corrected chi connectivity index (χ1v) is 8.30. The van der Waals surface area contributed by atoms with E-state index >= 15 is 0 Å². The SMILES string of the molecule is COC(=O)CCS(=O)(=O)C(C)C(=O)c1ccc(C)c(C)c1. The van der Waals surface area contributed by atoms with Crippen LogP contribution in [0.4, 0.5) is 0 Å². The molecule has 0 aromatic heterocycles. The number of benzene rings is 1. The van der Waals surface area contributed by atoms with Crippen LogP contribution in [0.5, 0.6) is 0 Å². The zero-order valence-corrected chi connectivity index (χ0v) is 13.5. The molecule has 0 fully saturated rings. The molecule has 1 unspecified atom stereocenters. The summed E-state index contributed by atoms with van der Waals surface area (Å²) in [4.78, 5) is 23.3. The van der Waals surface area contributed by atoms with E-state index in [0.717, 1.165) is 11.1 Å². The second-order valence-corrected chi connectivity index (χ2v) is 7.44. The van der Waals surface area contributed by atoms with Gasteiger partial charge < -0.3 is 4.74 Å². The van der Waals surface area contributed by atoms with Crippen molar-refractivity contribution < 1.29 is 22.7 Å². The first-order valence-electron chi connectivity index (χ1n) is 6.59. The topological polar surface area (TPSA) is 77.5 Å². The highest BCUT2D eigenvalue weighted by molar-refractivity contribution is 7.92. The van der Waals surface area contributed by atoms with Crippen LogP contribution >= 0.6 is 0 Å². The van der Waals surface area contributed by atoms with Gasteiger partial charge in [0.15, 0.2) is 15.6 Å². The van der Waals surface area contributed by atoms with Crippen LogP contribution in [0.3, 0.4) is 0 Å². The Morgan fingerprint density at radius 3 is 2.33 bits per heavy atom. The Hall–Kier alpha value is -1.69. The third kappa shape index (κ3) is 4.39. The van der Waals surface area contributed by atoms with Crippen LogP contribution in [0, 0.1) is 13.8 Å². The number of methoxy groups -OCH3 is 1. The molecule has 21 heavy (non-hydrogen) atoms. The molecule has 0 aliphatic carbocycles. The molecule has 116 valence electrons. The van der Waals surface area contributed by atoms with Gasteiger partial charge >= 0.3 is 5.97 Å². The van der Waals surface area contributed by atoms with Crippen LogP contribution < -0.4 is 0 Å². The summed E-state index contributed by atoms with van der Waals surface area (Å²) in [6.07, 6.45) is -0.247. The van der Waals surface area contributed by atoms with Gasteiger partial charge in [0.1, 0.15) is 5.25 Å². The number of rotatable bonds is 6. The largest absolute Gasteiger partial charge is 0.469 e. The molecule has 6 heteroatoms. The quantitative estimate of drug-likeness (QED) is 0.592. The second kappa shape index (κ2) is 6.85. The lowest BCUT2D eigenvalue weighted by molar-refractivity contribution is -0.140. The summed E-state index contributed by atoms with van der Waals surface area (Å²) in [6, 6.07) is 5.09. The third-order valence-electron chi connectivity index (χ3n) is 3.52. The molecular weight excluding hydrogens is 292 g/mol. The fourth-order valence-electron chi connectivity index (χ4n) is 1.80. The lowest BCUT2D eigenvalue weighted by atomic mass is 10.0. The molecule has 0 saturated carbocycles. The Labute approximate surface area is 125 Å². The Balaban J connectivity index is 2.90. The molecule has 0 saturated heterocycles. The number of hydrogen-bond acceptors (Lipinski definition) is 5. The van der Waals surface area contributed by atoms with E-state index < -0.39 is 32.6 Å². The van der Waals surface area contributed by atoms with Gasteiger partial charge in [-0.15, -0.1) is 0 Å². The summed E-state index contributed by atoms with van der Waals surface area (Å²) in [5, 5.41) is -1.18. The molecule has 0 aliphatic heterocycles. The minimum Gasteiger partial charge on any atom is -0.469 e. The number of aryl methyl sites for hydroxylation is 2. The van der Waals surface area contributed by atoms with Gasteiger partial charge in [-0.2, -0.15) is 0 Å². The summed E-state index contributed by atoms with van der Waals surface area (Å²) in [7, 11) is -2.49. The van der Waals surface area contributed by atoms with Crippen molar-refractivity contribution in [1.29, 1.82) is 0 Å². The van der Waals surface area contributed by atoms with E-state index in [1.165, 1.54) is 14.0 Å². The van der Waals surface area contributed by atoms with E-state index in [1.54, 1.807) is 18.2 Å². The van der Waals surface area contributed by atoms with Crippen molar-refractivity contribution in [2.45, 2.75) is 32.4 Å². The van der Waals surface area contributed by atoms with Gasteiger partial charge in [0.05, 0.1) is 19.3 Å². The maximum atomic E-state index is 12.3. The van der Waals surface area contributed by atoms with Gasteiger partial charge in [-0.25, -0.2) is 8.42 Å². The zero-order chi connectivity index (χ0) is 16.2. The number of ketones is 1. The zero-order valence-electron chi connectivity index (χ0n) is 12.7. The minimum atomic E-state index is -3.69. The molecule has 0 bridgehead atoms. The number of carbonyl (C=O) groups excluding carboxylic acids is 2. The molecular formula is C15H20O5S. The highest BCUT2D eigenvalue weighted by Gasteiger charge is 2.29. The van der Waals surface area contributed by atoms with Crippen molar-refractivity contribution in [1.82, 2.24) is 0 Å². The number of carbonyl (C=O) groups is 2. The Morgan fingerprint density at radius 2 is 1.81 bits per heavy atom. The second-order valence-electron chi connectivity index (χ2n) is 5.00. The summed E-state index contributed by atoms with van der Waals surface area (Å²) < 4.78 is 28.6. The van der Waals surface area contributed by atoms with Gasteiger partial charge in [0.2, 0.25) is 0 Å². The van der Waals surface area contributed by atoms with Gasteiger partial charge in [-0.3, -0.25) is 9.59 Å². The van der Waals surface area contributed by atoms with E-state index in [0.29, 0.717) is 5.56 Å². The highest BCUT2D eigenvalue weighted by Crippen LogP contribution is 2.15. The van der Waals surface area contributed by atoms with E-state index in [4.69, 9.17) is 0 Å². The van der Waals surface area contributed by atoms with Crippen LogP contribution in [0.2, 0.25) is 0 Å². The fourth-order valence-corrected chi connectivity index (χ4v) is 3.06. The average Bonchev–Trinajstić information content (AvgIpc) is 2.46. The Morgan fingerprint density at radius 1 is 1.19 bits per heavy atom. The van der Waals surface area contributed by atoms with Crippen LogP contribution in [0.1, 0.15) is 34.8 Å². The van der Waals surface area contributed by atoms with Crippen molar-refractivity contribution in [3.8, 4) is 0 Å². The van der Waals surface area contributed by atoms with Crippen molar-refractivity contribution >= 4 is 21.6 Å². The standard InChI is InChI=1S/C15H20O5S/c1-10-5-6-13(9-11(10)2)15(17)12(3)21(18,19)8-7-14(16)20-4/h5-6,9,12H,7-8H2,1-4H3. The molecule has 1 aromatic rings. The number of sulfone groups is 1. The summed E-state index contributed by atoms with van der Waals surface area (Å²) in [6.45, 7) is 5.13. The molecule has 0 amide bonds. The van der Waals surface area contributed by atoms with Gasteiger partial charge in [-0.05, 0) is 38.0 Å². The maximum Gasteiger partial charge on any atom is 0.306 e. The monoisotopic (exact) mass is 312 g/mol. The maximum absolute atomic E-state index is 12.3. The van der Waals surface area contributed by atoms with Crippen LogP contribution in [0.15, 0.2) is 18.2 Å². The minimum absolute atomic E-state index is 0.247. The van der Waals surface area contributed by atoms with Gasteiger partial charge in [-0.1, -0.05) is 12.1 Å². The molecule has 0 spiro atoms. The summed E-state index contributed by atoms with van der Waals surface area (Å²) in [5.74, 6) is -1.45. The third-order valence-corrected chi connectivity index (χ3v) is 5.58. The molecule has 0 N–H and O–H groups in total. The molecule has 5 nitrogen and oxygen atoms in total. The van der Waals surface area contributed by atoms with Crippen molar-refractivity contribution in [3.63, 3.8) is 0 Å². The van der Waals surface area contributed by atoms with Crippen LogP contribution in [0.25, 0.3) is 0 Å². The van der Waals surface area contributed by atoms with Crippen molar-refractivity contribution in [3.05, 3.63) is 34.9 Å². The molecule has 0 aliphatic rings. The smallest absolute Gasteiger partial charge is 0.306 e. The van der Waals surface area contributed by atoms with Crippen LogP contribution in [-0.2, 0) is 19.4 Å². The highest BCUT2D eigenvalue weighted by atomic mass is 32.2. The Kier molecular flexibility index (Phi) is 5.66. The lowest BCUT2D eigenvalue weighted by Gasteiger charge is -2.12. The van der Waals surface area contributed by atoms with Gasteiger partial charge in [0, 0.05) is 5.56 Å². The van der Waals surface area contributed by atoms with E-state index in [9.17, 15) is 18.0 Å². The van der Waals surface area contributed by atoms with Gasteiger partial charge in [0.25, 0.3) is 0 Å².